The van der Waals surface area contributed by atoms with Gasteiger partial charge in [0.1, 0.15) is 18.7 Å². The van der Waals surface area contributed by atoms with Crippen LogP contribution in [0.25, 0.3) is 11.1 Å². The molecule has 0 aliphatic heterocycles. The van der Waals surface area contributed by atoms with Crippen LogP contribution in [0.2, 0.25) is 0 Å². The van der Waals surface area contributed by atoms with E-state index in [2.05, 4.69) is 10.6 Å². The number of benzene rings is 2. The first-order valence-electron chi connectivity index (χ1n) is 11.2. The molecular formula is C25H28F2N2O5. The number of carboxylic acid groups (broad SMARTS) is 1. The number of carboxylic acids is 1. The molecule has 34 heavy (non-hydrogen) atoms. The maximum atomic E-state index is 13.1. The van der Waals surface area contributed by atoms with Crippen molar-refractivity contribution in [3.05, 3.63) is 59.7 Å². The molecule has 0 saturated carbocycles. The molecule has 0 saturated heterocycles. The second-order valence-electron chi connectivity index (χ2n) is 8.19. The summed E-state index contributed by atoms with van der Waals surface area (Å²) in [6.45, 7) is 1.82. The lowest BCUT2D eigenvalue weighted by atomic mass is 9.98. The van der Waals surface area contributed by atoms with E-state index in [0.29, 0.717) is 12.8 Å². The third kappa shape index (κ3) is 6.09. The van der Waals surface area contributed by atoms with Gasteiger partial charge in [0.15, 0.2) is 0 Å². The van der Waals surface area contributed by atoms with Crippen molar-refractivity contribution in [1.29, 1.82) is 0 Å². The molecule has 2 aromatic carbocycles. The van der Waals surface area contributed by atoms with Crippen molar-refractivity contribution >= 4 is 18.0 Å². The smallest absolute Gasteiger partial charge is 0.407 e. The van der Waals surface area contributed by atoms with Crippen molar-refractivity contribution in [2.75, 3.05) is 6.61 Å². The maximum Gasteiger partial charge on any atom is 0.407 e. The van der Waals surface area contributed by atoms with E-state index in [4.69, 9.17) is 4.74 Å². The van der Waals surface area contributed by atoms with Gasteiger partial charge in [0.05, 0.1) is 0 Å². The monoisotopic (exact) mass is 474 g/mol. The van der Waals surface area contributed by atoms with Gasteiger partial charge in [-0.15, -0.1) is 0 Å². The van der Waals surface area contributed by atoms with E-state index in [1.165, 1.54) is 0 Å². The zero-order chi connectivity index (χ0) is 24.7. The lowest BCUT2D eigenvalue weighted by molar-refractivity contribution is -0.142. The van der Waals surface area contributed by atoms with Gasteiger partial charge < -0.3 is 20.5 Å². The van der Waals surface area contributed by atoms with E-state index >= 15 is 0 Å². The molecule has 2 atom stereocenters. The number of rotatable bonds is 11. The molecule has 1 aliphatic rings. The molecule has 1 aliphatic carbocycles. The van der Waals surface area contributed by atoms with Crippen LogP contribution in [-0.4, -0.2) is 48.2 Å². The number of carbonyl (C=O) groups is 3. The van der Waals surface area contributed by atoms with Gasteiger partial charge in [0, 0.05) is 12.3 Å². The van der Waals surface area contributed by atoms with E-state index in [0.717, 1.165) is 22.3 Å². The van der Waals surface area contributed by atoms with Crippen molar-refractivity contribution in [2.24, 2.45) is 0 Å². The molecule has 9 heteroatoms. The van der Waals surface area contributed by atoms with E-state index in [9.17, 15) is 28.3 Å². The lowest BCUT2D eigenvalue weighted by Gasteiger charge is -2.21. The third-order valence-corrected chi connectivity index (χ3v) is 5.83. The number of hydrogen-bond donors (Lipinski definition) is 3. The highest BCUT2D eigenvalue weighted by molar-refractivity contribution is 5.89. The average Bonchev–Trinajstić information content (AvgIpc) is 3.13. The molecule has 2 aromatic rings. The Morgan fingerprint density at radius 3 is 2.09 bits per heavy atom. The molecule has 182 valence electrons. The van der Waals surface area contributed by atoms with Crippen molar-refractivity contribution in [3.8, 4) is 11.1 Å². The fourth-order valence-corrected chi connectivity index (χ4v) is 4.13. The Hall–Kier alpha value is -3.49. The Balaban J connectivity index is 1.65. The van der Waals surface area contributed by atoms with Gasteiger partial charge in [-0.1, -0.05) is 68.3 Å². The molecule has 7 nitrogen and oxygen atoms in total. The van der Waals surface area contributed by atoms with Crippen LogP contribution in [0.5, 0.6) is 0 Å². The number of ether oxygens (including phenoxy) is 1. The molecule has 0 heterocycles. The van der Waals surface area contributed by atoms with Crippen LogP contribution in [0.3, 0.4) is 0 Å². The van der Waals surface area contributed by atoms with Crippen LogP contribution >= 0.6 is 0 Å². The molecule has 0 radical (unpaired) electrons. The number of alkyl halides is 2. The first-order valence-corrected chi connectivity index (χ1v) is 11.2. The number of unbranched alkanes of at least 4 members (excludes halogenated alkanes) is 1. The first kappa shape index (κ1) is 25.1. The summed E-state index contributed by atoms with van der Waals surface area (Å²) < 4.78 is 31.5. The van der Waals surface area contributed by atoms with E-state index in [1.807, 2.05) is 55.5 Å². The zero-order valence-corrected chi connectivity index (χ0v) is 18.8. The quantitative estimate of drug-likeness (QED) is 0.450. The lowest BCUT2D eigenvalue weighted by Crippen LogP contribution is -2.52. The van der Waals surface area contributed by atoms with Crippen LogP contribution in [0, 0.1) is 0 Å². The number of carbonyl (C=O) groups excluding carboxylic acids is 2. The summed E-state index contributed by atoms with van der Waals surface area (Å²) in [4.78, 5) is 36.3. The van der Waals surface area contributed by atoms with Crippen LogP contribution in [0.4, 0.5) is 13.6 Å². The van der Waals surface area contributed by atoms with Crippen LogP contribution < -0.4 is 10.6 Å². The SMILES string of the molecule is CCCCC(NC(=O)C(CC(F)F)NC(=O)OCC1c2ccccc2-c2ccccc21)C(=O)O. The van der Waals surface area contributed by atoms with Gasteiger partial charge in [-0.2, -0.15) is 0 Å². The van der Waals surface area contributed by atoms with Gasteiger partial charge >= 0.3 is 12.1 Å². The molecule has 2 unspecified atom stereocenters. The summed E-state index contributed by atoms with van der Waals surface area (Å²) in [7, 11) is 0. The highest BCUT2D eigenvalue weighted by atomic mass is 19.3. The molecule has 3 N–H and O–H groups in total. The Labute approximate surface area is 196 Å². The van der Waals surface area contributed by atoms with E-state index in [1.54, 1.807) is 0 Å². The zero-order valence-electron chi connectivity index (χ0n) is 18.8. The fraction of sp³-hybridized carbons (Fsp3) is 0.400. The topological polar surface area (TPSA) is 105 Å². The molecular weight excluding hydrogens is 446 g/mol. The van der Waals surface area contributed by atoms with E-state index in [-0.39, 0.29) is 18.9 Å². The summed E-state index contributed by atoms with van der Waals surface area (Å²) in [5.74, 6) is -2.48. The number of amides is 2. The second kappa shape index (κ2) is 11.6. The highest BCUT2D eigenvalue weighted by Crippen LogP contribution is 2.44. The van der Waals surface area contributed by atoms with Gasteiger partial charge in [-0.25, -0.2) is 18.4 Å². The first-order chi connectivity index (χ1) is 16.3. The van der Waals surface area contributed by atoms with Gasteiger partial charge in [-0.3, -0.25) is 4.79 Å². The van der Waals surface area contributed by atoms with Crippen LogP contribution in [0.1, 0.15) is 49.7 Å². The molecule has 0 fully saturated rings. The van der Waals surface area contributed by atoms with Crippen LogP contribution in [-0.2, 0) is 14.3 Å². The maximum absolute atomic E-state index is 13.1. The van der Waals surface area contributed by atoms with Crippen molar-refractivity contribution in [3.63, 3.8) is 0 Å². The van der Waals surface area contributed by atoms with Crippen molar-refractivity contribution in [1.82, 2.24) is 10.6 Å². The molecule has 0 bridgehead atoms. The summed E-state index contributed by atoms with van der Waals surface area (Å²) >= 11 is 0. The molecule has 0 aromatic heterocycles. The Bertz CT molecular complexity index is 984. The Morgan fingerprint density at radius 1 is 0.971 bits per heavy atom. The summed E-state index contributed by atoms with van der Waals surface area (Å²) in [5.41, 5.74) is 4.04. The van der Waals surface area contributed by atoms with E-state index < -0.39 is 42.9 Å². The van der Waals surface area contributed by atoms with Gasteiger partial charge in [0.25, 0.3) is 0 Å². The summed E-state index contributed by atoms with van der Waals surface area (Å²) in [5, 5.41) is 13.7. The summed E-state index contributed by atoms with van der Waals surface area (Å²) in [6.07, 6.45) is -3.47. The standard InChI is InChI=1S/C25H28F2N2O5/c1-2-3-12-20(24(31)32)28-23(30)21(13-22(26)27)29-25(33)34-14-19-17-10-6-4-8-15(17)16-9-5-7-11-18(16)19/h4-11,19-22H,2-3,12-14H2,1H3,(H,28,30)(H,29,33)(H,31,32). The Kier molecular flexibility index (Phi) is 8.56. The molecule has 0 spiro atoms. The second-order valence-corrected chi connectivity index (χ2v) is 8.19. The van der Waals surface area contributed by atoms with Gasteiger partial charge in [0.2, 0.25) is 12.3 Å². The van der Waals surface area contributed by atoms with Crippen LogP contribution in [0.15, 0.2) is 48.5 Å². The number of halogens is 2. The predicted molar refractivity (Wildman–Crippen MR) is 122 cm³/mol. The molecule has 2 amide bonds. The van der Waals surface area contributed by atoms with Crippen molar-refractivity contribution < 1.29 is 33.0 Å². The Morgan fingerprint density at radius 2 is 1.56 bits per heavy atom. The summed E-state index contributed by atoms with van der Waals surface area (Å²) in [6, 6.07) is 12.6. The largest absolute Gasteiger partial charge is 0.480 e. The number of alkyl carbamates (subject to hydrolysis) is 1. The number of hydrogen-bond acceptors (Lipinski definition) is 4. The van der Waals surface area contributed by atoms with Crippen molar-refractivity contribution in [2.45, 2.75) is 57.0 Å². The minimum Gasteiger partial charge on any atom is -0.480 e. The number of aliphatic carboxylic acids is 1. The van der Waals surface area contributed by atoms with Gasteiger partial charge in [-0.05, 0) is 28.7 Å². The predicted octanol–water partition coefficient (Wildman–Crippen LogP) is 4.31. The molecule has 3 rings (SSSR count). The minimum absolute atomic E-state index is 0.0445. The normalized spacial score (nSPS) is 14.1. The third-order valence-electron chi connectivity index (χ3n) is 5.83. The fourth-order valence-electron chi connectivity index (χ4n) is 4.13. The minimum atomic E-state index is -2.89. The average molecular weight is 475 g/mol. The number of nitrogens with one attached hydrogen (secondary N) is 2. The highest BCUT2D eigenvalue weighted by Gasteiger charge is 2.31. The number of fused-ring (bicyclic) bond motifs is 3.